The van der Waals surface area contributed by atoms with Crippen molar-refractivity contribution in [3.8, 4) is 11.8 Å². The van der Waals surface area contributed by atoms with Gasteiger partial charge in [-0.05, 0) is 34.5 Å². The molecule has 0 saturated carbocycles. The van der Waals surface area contributed by atoms with E-state index < -0.39 is 5.91 Å². The van der Waals surface area contributed by atoms with Gasteiger partial charge in [-0.15, -0.1) is 0 Å². The molecule has 1 aliphatic rings. The van der Waals surface area contributed by atoms with E-state index in [1.165, 1.54) is 23.8 Å². The first kappa shape index (κ1) is 20.5. The SMILES string of the molecule is N#Cc1cc(C(=O)NN=Cc2cccc3c(CN4CCOCC4)cccc23)ccc1O. The number of nitrogens with one attached hydrogen (secondary N) is 1. The minimum Gasteiger partial charge on any atom is -0.507 e. The molecule has 31 heavy (non-hydrogen) atoms. The molecule has 1 aliphatic heterocycles. The highest BCUT2D eigenvalue weighted by Crippen LogP contribution is 2.23. The van der Waals surface area contributed by atoms with E-state index in [9.17, 15) is 9.90 Å². The van der Waals surface area contributed by atoms with Gasteiger partial charge in [-0.3, -0.25) is 9.69 Å². The van der Waals surface area contributed by atoms with Crippen molar-refractivity contribution in [1.82, 2.24) is 10.3 Å². The minimum absolute atomic E-state index is 0.0403. The number of fused-ring (bicyclic) bond motifs is 1. The number of hydrogen-bond acceptors (Lipinski definition) is 6. The molecule has 2 N–H and O–H groups in total. The summed E-state index contributed by atoms with van der Waals surface area (Å²) in [6.07, 6.45) is 1.62. The molecular formula is C24H22N4O3. The first-order chi connectivity index (χ1) is 15.2. The van der Waals surface area contributed by atoms with Gasteiger partial charge in [0.05, 0.1) is 25.0 Å². The number of carbonyl (C=O) groups is 1. The van der Waals surface area contributed by atoms with Gasteiger partial charge in [-0.2, -0.15) is 10.4 Å². The fraction of sp³-hybridized carbons (Fsp3) is 0.208. The van der Waals surface area contributed by atoms with Crippen molar-refractivity contribution >= 4 is 22.9 Å². The minimum atomic E-state index is -0.457. The van der Waals surface area contributed by atoms with Gasteiger partial charge in [0.2, 0.25) is 0 Å². The quantitative estimate of drug-likeness (QED) is 0.494. The highest BCUT2D eigenvalue weighted by molar-refractivity contribution is 6.02. The molecule has 1 amide bonds. The van der Waals surface area contributed by atoms with Gasteiger partial charge in [0.25, 0.3) is 5.91 Å². The third kappa shape index (κ3) is 4.72. The van der Waals surface area contributed by atoms with E-state index in [2.05, 4.69) is 27.6 Å². The summed E-state index contributed by atoms with van der Waals surface area (Å²) in [5.41, 5.74) is 4.90. The molecule has 3 aromatic rings. The average molecular weight is 414 g/mol. The maximum absolute atomic E-state index is 12.3. The van der Waals surface area contributed by atoms with Crippen molar-refractivity contribution in [1.29, 1.82) is 5.26 Å². The third-order valence-corrected chi connectivity index (χ3v) is 5.29. The van der Waals surface area contributed by atoms with Crippen LogP contribution >= 0.6 is 0 Å². The van der Waals surface area contributed by atoms with Gasteiger partial charge in [-0.25, -0.2) is 5.43 Å². The smallest absolute Gasteiger partial charge is 0.271 e. The molecule has 0 unspecified atom stereocenters. The van der Waals surface area contributed by atoms with E-state index in [1.807, 2.05) is 30.3 Å². The van der Waals surface area contributed by atoms with Crippen LogP contribution in [0.3, 0.4) is 0 Å². The summed E-state index contributed by atoms with van der Waals surface area (Å²) in [7, 11) is 0. The second-order valence-electron chi connectivity index (χ2n) is 7.29. The van der Waals surface area contributed by atoms with Gasteiger partial charge >= 0.3 is 0 Å². The van der Waals surface area contributed by atoms with Crippen molar-refractivity contribution in [3.63, 3.8) is 0 Å². The number of nitriles is 1. The highest BCUT2D eigenvalue weighted by atomic mass is 16.5. The first-order valence-corrected chi connectivity index (χ1v) is 10.0. The molecule has 7 heteroatoms. The van der Waals surface area contributed by atoms with E-state index in [4.69, 9.17) is 10.00 Å². The number of ether oxygens (including phenoxy) is 1. The zero-order chi connectivity index (χ0) is 21.6. The Hall–Kier alpha value is -3.73. The normalized spacial score (nSPS) is 14.5. The Kier molecular flexibility index (Phi) is 6.22. The summed E-state index contributed by atoms with van der Waals surface area (Å²) in [6.45, 7) is 4.24. The number of hydrogen-bond donors (Lipinski definition) is 2. The molecule has 0 aliphatic carbocycles. The van der Waals surface area contributed by atoms with Gasteiger partial charge in [0.1, 0.15) is 11.8 Å². The van der Waals surface area contributed by atoms with Gasteiger partial charge < -0.3 is 9.84 Å². The summed E-state index contributed by atoms with van der Waals surface area (Å²) in [5, 5.41) is 24.9. The summed E-state index contributed by atoms with van der Waals surface area (Å²) in [4.78, 5) is 14.7. The second-order valence-corrected chi connectivity index (χ2v) is 7.29. The van der Waals surface area contributed by atoms with Crippen LogP contribution in [-0.2, 0) is 11.3 Å². The third-order valence-electron chi connectivity index (χ3n) is 5.29. The number of benzene rings is 3. The number of phenolic OH excluding ortho intramolecular Hbond substituents is 1. The Bertz CT molecular complexity index is 1180. The van der Waals surface area contributed by atoms with E-state index in [0.717, 1.165) is 49.2 Å². The fourth-order valence-electron chi connectivity index (χ4n) is 3.64. The van der Waals surface area contributed by atoms with Crippen LogP contribution in [0, 0.1) is 11.3 Å². The van der Waals surface area contributed by atoms with Crippen molar-refractivity contribution < 1.29 is 14.6 Å². The molecule has 1 saturated heterocycles. The number of hydrazone groups is 1. The molecule has 0 bridgehead atoms. The van der Waals surface area contributed by atoms with E-state index in [1.54, 1.807) is 6.21 Å². The lowest BCUT2D eigenvalue weighted by molar-refractivity contribution is 0.0343. The number of amides is 1. The lowest BCUT2D eigenvalue weighted by atomic mass is 10.00. The maximum Gasteiger partial charge on any atom is 0.271 e. The lowest BCUT2D eigenvalue weighted by Crippen LogP contribution is -2.35. The van der Waals surface area contributed by atoms with Gasteiger partial charge in [-0.1, -0.05) is 36.4 Å². The molecule has 1 fully saturated rings. The largest absolute Gasteiger partial charge is 0.507 e. The summed E-state index contributed by atoms with van der Waals surface area (Å²) < 4.78 is 5.44. The van der Waals surface area contributed by atoms with Crippen LogP contribution in [0.4, 0.5) is 0 Å². The van der Waals surface area contributed by atoms with E-state index >= 15 is 0 Å². The zero-order valence-electron chi connectivity index (χ0n) is 16.9. The van der Waals surface area contributed by atoms with Crippen LogP contribution < -0.4 is 5.43 Å². The number of carbonyl (C=O) groups excluding carboxylic acids is 1. The van der Waals surface area contributed by atoms with Crippen molar-refractivity contribution in [3.05, 3.63) is 76.9 Å². The topological polar surface area (TPSA) is 98.0 Å². The highest BCUT2D eigenvalue weighted by Gasteiger charge is 2.13. The zero-order valence-corrected chi connectivity index (χ0v) is 16.9. The Labute approximate surface area is 180 Å². The Morgan fingerprint density at radius 3 is 2.74 bits per heavy atom. The van der Waals surface area contributed by atoms with Crippen molar-refractivity contribution in [2.24, 2.45) is 5.10 Å². The molecule has 4 rings (SSSR count). The molecule has 0 radical (unpaired) electrons. The van der Waals surface area contributed by atoms with Gasteiger partial charge in [0, 0.05) is 30.8 Å². The molecule has 1 heterocycles. The Balaban J connectivity index is 1.52. The number of nitrogens with zero attached hydrogens (tertiary/aromatic N) is 3. The summed E-state index contributed by atoms with van der Waals surface area (Å²) >= 11 is 0. The van der Waals surface area contributed by atoms with Crippen LogP contribution in [0.1, 0.15) is 27.0 Å². The fourth-order valence-corrected chi connectivity index (χ4v) is 3.64. The van der Waals surface area contributed by atoms with E-state index in [0.29, 0.717) is 0 Å². The monoisotopic (exact) mass is 414 g/mol. The van der Waals surface area contributed by atoms with Crippen LogP contribution in [0.2, 0.25) is 0 Å². The molecule has 0 spiro atoms. The van der Waals surface area contributed by atoms with Crippen molar-refractivity contribution in [2.45, 2.75) is 6.54 Å². The molecule has 0 atom stereocenters. The van der Waals surface area contributed by atoms with Crippen LogP contribution in [0.5, 0.6) is 5.75 Å². The molecule has 156 valence electrons. The number of rotatable bonds is 5. The molecule has 3 aromatic carbocycles. The average Bonchev–Trinajstić information content (AvgIpc) is 2.80. The Morgan fingerprint density at radius 1 is 1.16 bits per heavy atom. The lowest BCUT2D eigenvalue weighted by Gasteiger charge is -2.27. The van der Waals surface area contributed by atoms with E-state index in [-0.39, 0.29) is 16.9 Å². The summed E-state index contributed by atoms with van der Waals surface area (Å²) in [6, 6.07) is 18.2. The number of phenols is 1. The van der Waals surface area contributed by atoms with Crippen LogP contribution in [-0.4, -0.2) is 48.4 Å². The first-order valence-electron chi connectivity index (χ1n) is 10.0. The van der Waals surface area contributed by atoms with Gasteiger partial charge in [0.15, 0.2) is 0 Å². The van der Waals surface area contributed by atoms with Crippen LogP contribution in [0.25, 0.3) is 10.8 Å². The second kappa shape index (κ2) is 9.39. The predicted molar refractivity (Wildman–Crippen MR) is 118 cm³/mol. The summed E-state index contributed by atoms with van der Waals surface area (Å²) in [5.74, 6) is -0.618. The molecular weight excluding hydrogens is 392 g/mol. The molecule has 0 aromatic heterocycles. The van der Waals surface area contributed by atoms with Crippen LogP contribution in [0.15, 0.2) is 59.7 Å². The number of morpholine rings is 1. The standard InChI is InChI=1S/C24H22N4O3/c25-14-20-13-17(7-8-23(20)29)24(30)27-26-15-18-3-1-6-22-19(4-2-5-21(18)22)16-28-9-11-31-12-10-28/h1-8,13,15,29H,9-12,16H2,(H,27,30). The molecule has 7 nitrogen and oxygen atoms in total. The maximum atomic E-state index is 12.3. The predicted octanol–water partition coefficient (Wildman–Crippen LogP) is 3.01. The van der Waals surface area contributed by atoms with Crippen molar-refractivity contribution in [2.75, 3.05) is 26.3 Å². The Morgan fingerprint density at radius 2 is 1.94 bits per heavy atom. The number of aromatic hydroxyl groups is 1.